The number of esters is 4. The van der Waals surface area contributed by atoms with Gasteiger partial charge in [-0.1, -0.05) is 295 Å². The Labute approximate surface area is 642 Å². The molecule has 0 aliphatic rings. The second-order valence-electron chi connectivity index (χ2n) is 26.6. The minimum Gasteiger partial charge on any atom is -0.462 e. The Morgan fingerprint density at radius 1 is 0.274 bits per heavy atom. The molecule has 604 valence electrons. The molecule has 0 aromatic carbocycles. The van der Waals surface area contributed by atoms with Crippen LogP contribution in [0.5, 0.6) is 0 Å². The van der Waals surface area contributed by atoms with E-state index in [-0.39, 0.29) is 25.7 Å². The molecule has 0 fully saturated rings. The monoisotopic (exact) mass is 1520 g/mol. The van der Waals surface area contributed by atoms with Gasteiger partial charge in [-0.25, -0.2) is 9.13 Å². The van der Waals surface area contributed by atoms with E-state index in [1.807, 2.05) is 24.3 Å². The molecule has 0 aromatic rings. The van der Waals surface area contributed by atoms with E-state index < -0.39 is 97.5 Å². The lowest BCUT2D eigenvalue weighted by Gasteiger charge is -2.21. The van der Waals surface area contributed by atoms with E-state index in [9.17, 15) is 43.2 Å². The minimum absolute atomic E-state index is 0.00487. The fourth-order valence-corrected chi connectivity index (χ4v) is 11.9. The minimum atomic E-state index is -5.01. The Morgan fingerprint density at radius 3 is 0.802 bits per heavy atom. The standard InChI is InChI=1S/C87H144O17P2/c1-5-9-13-17-21-25-29-33-36-39-40-43-44-48-52-56-60-64-68-72-85(90)98-78-83(104-87(92)74-70-66-62-58-54-50-46-42-38-35-31-27-23-19-15-11-7-3)80-102-106(95,96)100-76-81(88)75-99-105(93,94)101-79-82(77-97-84(89)71-67-63-59-55-51-47-32-28-24-20-16-12-8-4)103-86(91)73-69-65-61-57-53-49-45-41-37-34-30-26-22-18-14-10-6-2/h9,13,21-23,25-27,33-38,40,43,45-46,48-50,52,57-58,61-62,81-83,88H,5-8,10-12,14-20,24,28-32,39,41-42,44,47,51,53-56,59-60,63-80H2,1-4H3,(H,93,94)(H,95,96)/b13-9-,25-21-,26-22-,27-23-,36-33-,37-34-,38-35-,43-40-,49-45-,50-46-,52-48-,61-57-,62-58-/t81-,82+,83+/m0/s1. The number of hydrogen-bond acceptors (Lipinski definition) is 15. The first-order valence-electron chi connectivity index (χ1n) is 40.7. The molecule has 3 N–H and O–H groups in total. The van der Waals surface area contributed by atoms with Gasteiger partial charge in [-0.05, 0) is 148 Å². The first-order chi connectivity index (χ1) is 51.7. The Morgan fingerprint density at radius 2 is 0.500 bits per heavy atom. The third kappa shape index (κ3) is 76.9. The Kier molecular flexibility index (Phi) is 73.9. The zero-order chi connectivity index (χ0) is 77.4. The molecule has 0 saturated heterocycles. The summed E-state index contributed by atoms with van der Waals surface area (Å²) in [5.41, 5.74) is 0. The molecule has 0 aromatic heterocycles. The van der Waals surface area contributed by atoms with Crippen molar-refractivity contribution in [2.45, 2.75) is 329 Å². The number of hydrogen-bond donors (Lipinski definition) is 3. The van der Waals surface area contributed by atoms with Crippen LogP contribution < -0.4 is 0 Å². The number of carbonyl (C=O) groups excluding carboxylic acids is 4. The van der Waals surface area contributed by atoms with Crippen LogP contribution in [0.4, 0.5) is 0 Å². The molecule has 106 heavy (non-hydrogen) atoms. The van der Waals surface area contributed by atoms with Crippen LogP contribution in [-0.4, -0.2) is 96.7 Å². The van der Waals surface area contributed by atoms with Gasteiger partial charge in [-0.2, -0.15) is 0 Å². The van der Waals surface area contributed by atoms with Crippen LogP contribution in [0.25, 0.3) is 0 Å². The van der Waals surface area contributed by atoms with Gasteiger partial charge in [0, 0.05) is 25.7 Å². The van der Waals surface area contributed by atoms with Gasteiger partial charge in [0.25, 0.3) is 0 Å². The van der Waals surface area contributed by atoms with Gasteiger partial charge in [0.2, 0.25) is 0 Å². The van der Waals surface area contributed by atoms with Crippen molar-refractivity contribution in [1.29, 1.82) is 0 Å². The molecule has 0 amide bonds. The normalized spacial score (nSPS) is 14.7. The maximum Gasteiger partial charge on any atom is 0.472 e. The first-order valence-corrected chi connectivity index (χ1v) is 43.7. The van der Waals surface area contributed by atoms with Crippen molar-refractivity contribution in [3.05, 3.63) is 158 Å². The molecule has 17 nitrogen and oxygen atoms in total. The van der Waals surface area contributed by atoms with E-state index in [4.69, 9.17) is 37.0 Å². The highest BCUT2D eigenvalue weighted by Crippen LogP contribution is 2.45. The first kappa shape index (κ1) is 101. The third-order valence-corrected chi connectivity index (χ3v) is 18.4. The molecular formula is C87H144O17P2. The Balaban J connectivity index is 5.51. The topological polar surface area (TPSA) is 237 Å². The van der Waals surface area contributed by atoms with Gasteiger partial charge in [-0.15, -0.1) is 0 Å². The molecule has 0 spiro atoms. The van der Waals surface area contributed by atoms with Crippen LogP contribution >= 0.6 is 15.6 Å². The van der Waals surface area contributed by atoms with Crippen LogP contribution in [0, 0.1) is 0 Å². The molecule has 0 rings (SSSR count). The zero-order valence-corrected chi connectivity index (χ0v) is 67.8. The molecule has 0 heterocycles. The second kappa shape index (κ2) is 77.8. The van der Waals surface area contributed by atoms with Crippen LogP contribution in [-0.2, 0) is 65.4 Å². The van der Waals surface area contributed by atoms with Gasteiger partial charge in [0.05, 0.1) is 26.4 Å². The van der Waals surface area contributed by atoms with Gasteiger partial charge in [-0.3, -0.25) is 37.3 Å². The van der Waals surface area contributed by atoms with Crippen molar-refractivity contribution in [2.75, 3.05) is 39.6 Å². The predicted molar refractivity (Wildman–Crippen MR) is 436 cm³/mol. The van der Waals surface area contributed by atoms with Crippen molar-refractivity contribution in [2.24, 2.45) is 0 Å². The summed E-state index contributed by atoms with van der Waals surface area (Å²) in [7, 11) is -10.0. The summed E-state index contributed by atoms with van der Waals surface area (Å²) in [6.07, 6.45) is 90.9. The highest BCUT2D eigenvalue weighted by molar-refractivity contribution is 7.47. The number of aliphatic hydroxyl groups excluding tert-OH is 1. The van der Waals surface area contributed by atoms with Crippen molar-refractivity contribution in [1.82, 2.24) is 0 Å². The van der Waals surface area contributed by atoms with E-state index in [2.05, 4.69) is 161 Å². The average Bonchev–Trinajstić information content (AvgIpc) is 0.903. The van der Waals surface area contributed by atoms with Crippen LogP contribution in [0.2, 0.25) is 0 Å². The molecule has 19 heteroatoms. The van der Waals surface area contributed by atoms with Gasteiger partial charge >= 0.3 is 39.5 Å². The van der Waals surface area contributed by atoms with Crippen molar-refractivity contribution >= 4 is 39.5 Å². The van der Waals surface area contributed by atoms with Crippen molar-refractivity contribution in [3.63, 3.8) is 0 Å². The maximum atomic E-state index is 13.1. The predicted octanol–water partition coefficient (Wildman–Crippen LogP) is 24.0. The van der Waals surface area contributed by atoms with E-state index in [1.54, 1.807) is 0 Å². The number of ether oxygens (including phenoxy) is 4. The van der Waals surface area contributed by atoms with Crippen LogP contribution in [0.3, 0.4) is 0 Å². The van der Waals surface area contributed by atoms with Crippen LogP contribution in [0.1, 0.15) is 310 Å². The fraction of sp³-hybridized carbons (Fsp3) is 0.655. The highest BCUT2D eigenvalue weighted by atomic mass is 31.2. The van der Waals surface area contributed by atoms with E-state index in [0.29, 0.717) is 38.5 Å². The SMILES string of the molecule is CC/C=C\C/C=C\C/C=C\C/C=C\C/C=C\CCCCCC(=O)OC[C@H](COP(=O)(O)OC[C@@H](O)COP(=O)(O)OC[C@@H](COC(=O)CCCCCCCCCCCCCCC)OC(=O)CCC/C=C\C/C=C\C/C=C\C/C=C\CCCCC)OC(=O)CCC/C=C\C/C=C\C/C=C\C/C=C\CCCCC. The Bertz CT molecular complexity index is 2630. The number of carbonyl (C=O) groups is 4. The van der Waals surface area contributed by atoms with E-state index in [0.717, 1.165) is 128 Å². The lowest BCUT2D eigenvalue weighted by atomic mass is 10.0. The quantitative estimate of drug-likeness (QED) is 0.0169. The van der Waals surface area contributed by atoms with Gasteiger partial charge in [0.1, 0.15) is 19.3 Å². The Hall–Kier alpha value is -5.32. The number of phosphoric acid groups is 2. The van der Waals surface area contributed by atoms with E-state index >= 15 is 0 Å². The summed E-state index contributed by atoms with van der Waals surface area (Å²) in [6, 6.07) is 0. The number of allylic oxidation sites excluding steroid dienone is 26. The molecule has 5 atom stereocenters. The average molecular weight is 1520 g/mol. The third-order valence-electron chi connectivity index (χ3n) is 16.5. The number of unbranched alkanes of at least 4 members (excludes halogenated alkanes) is 23. The molecule has 0 bridgehead atoms. The lowest BCUT2D eigenvalue weighted by molar-refractivity contribution is -0.161. The maximum absolute atomic E-state index is 13.1. The summed E-state index contributed by atoms with van der Waals surface area (Å²) >= 11 is 0. The molecule has 2 unspecified atom stereocenters. The zero-order valence-electron chi connectivity index (χ0n) is 66.1. The lowest BCUT2D eigenvalue weighted by Crippen LogP contribution is -2.30. The number of rotatable bonds is 75. The summed E-state index contributed by atoms with van der Waals surface area (Å²) in [6.45, 7) is 4.54. The molecule has 0 aliphatic carbocycles. The molecular weight excluding hydrogens is 1380 g/mol. The summed E-state index contributed by atoms with van der Waals surface area (Å²) in [5.74, 6) is -2.35. The van der Waals surface area contributed by atoms with Crippen molar-refractivity contribution < 1.29 is 80.2 Å². The fourth-order valence-electron chi connectivity index (χ4n) is 10.3. The van der Waals surface area contributed by atoms with Crippen LogP contribution in [0.15, 0.2) is 158 Å². The second-order valence-corrected chi connectivity index (χ2v) is 29.5. The smallest absolute Gasteiger partial charge is 0.462 e. The number of aliphatic hydroxyl groups is 1. The number of phosphoric ester groups is 2. The highest BCUT2D eigenvalue weighted by Gasteiger charge is 2.30. The van der Waals surface area contributed by atoms with Crippen molar-refractivity contribution in [3.8, 4) is 0 Å². The summed E-state index contributed by atoms with van der Waals surface area (Å²) in [4.78, 5) is 73.0. The molecule has 0 saturated carbocycles. The van der Waals surface area contributed by atoms with Gasteiger partial charge in [0.15, 0.2) is 12.2 Å². The molecule has 0 aliphatic heterocycles. The largest absolute Gasteiger partial charge is 0.472 e. The summed E-state index contributed by atoms with van der Waals surface area (Å²) < 4.78 is 68.5. The summed E-state index contributed by atoms with van der Waals surface area (Å²) in [5, 5.41) is 10.6. The molecule has 0 radical (unpaired) electrons. The van der Waals surface area contributed by atoms with E-state index in [1.165, 1.54) is 89.9 Å². The van der Waals surface area contributed by atoms with Gasteiger partial charge < -0.3 is 33.8 Å².